The number of hydrogen-bond acceptors (Lipinski definition) is 12. The zero-order valence-corrected chi connectivity index (χ0v) is 25.2. The third-order valence-corrected chi connectivity index (χ3v) is 7.71. The highest BCUT2D eigenvalue weighted by molar-refractivity contribution is 7.14. The number of hydroxylamine groups is 2. The quantitative estimate of drug-likeness (QED) is 0.135. The number of alkyl halides is 1. The molecule has 3 heterocycles. The first kappa shape index (κ1) is 31.6. The molecule has 0 radical (unpaired) electrons. The monoisotopic (exact) mass is 655 g/mol. The summed E-state index contributed by atoms with van der Waals surface area (Å²) in [4.78, 5) is 79.1. The van der Waals surface area contributed by atoms with Crippen LogP contribution in [-0.4, -0.2) is 76.8 Å². The van der Waals surface area contributed by atoms with Crippen LogP contribution in [0.4, 0.5) is 5.13 Å². The fourth-order valence-electron chi connectivity index (χ4n) is 4.64. The highest BCUT2D eigenvalue weighted by Crippen LogP contribution is 2.37. The molecular weight excluding hydrogens is 630 g/mol. The Labute approximate surface area is 265 Å². The largest absolute Gasteiger partial charge is 0.448 e. The third kappa shape index (κ3) is 6.79. The summed E-state index contributed by atoms with van der Waals surface area (Å²) in [5.41, 5.74) is -1.20. The number of esters is 2. The molecule has 14 nitrogen and oxygen atoms in total. The van der Waals surface area contributed by atoms with Gasteiger partial charge >= 0.3 is 17.7 Å². The van der Waals surface area contributed by atoms with Crippen molar-refractivity contribution in [1.29, 1.82) is 0 Å². The number of halogens is 1. The van der Waals surface area contributed by atoms with Crippen LogP contribution in [0.15, 0.2) is 71.2 Å². The Kier molecular flexibility index (Phi) is 9.71. The molecule has 234 valence electrons. The second kappa shape index (κ2) is 13.8. The lowest BCUT2D eigenvalue weighted by molar-refractivity contribution is -0.260. The number of hydrogen-bond donors (Lipinski definition) is 2. The minimum Gasteiger partial charge on any atom is -0.448 e. The van der Waals surface area contributed by atoms with Crippen molar-refractivity contribution in [1.82, 2.24) is 15.4 Å². The Morgan fingerprint density at radius 1 is 1.13 bits per heavy atom. The van der Waals surface area contributed by atoms with Gasteiger partial charge in [0.05, 0.1) is 6.42 Å². The van der Waals surface area contributed by atoms with Gasteiger partial charge in [0, 0.05) is 11.8 Å². The third-order valence-electron chi connectivity index (χ3n) is 6.71. The average molecular weight is 656 g/mol. The van der Waals surface area contributed by atoms with Crippen molar-refractivity contribution in [3.8, 4) is 0 Å². The standard InChI is InChI=1S/C29H26ClN5O9S/c1-41-34-23(20-16-45-28(32-20)33-21(36)14-30)25(38)31-19-15-42-35(26(19)39)29(13-12-22(37)44-29)27(40)43-24(17-8-4-2-5-9-17)18-10-6-3-7-11-18/h2-11,16,19,24H,12-15H2,1H3,(H,31,38)(H,32,33,36)/b34-23+. The molecule has 3 amide bonds. The molecule has 0 bridgehead atoms. The summed E-state index contributed by atoms with van der Waals surface area (Å²) in [5, 5.41) is 10.9. The number of cyclic esters (lactones) is 1. The van der Waals surface area contributed by atoms with Gasteiger partial charge in [-0.05, 0) is 11.1 Å². The first-order valence-corrected chi connectivity index (χ1v) is 14.9. The van der Waals surface area contributed by atoms with E-state index in [-0.39, 0.29) is 35.3 Å². The van der Waals surface area contributed by atoms with E-state index in [2.05, 4.69) is 20.8 Å². The fourth-order valence-corrected chi connectivity index (χ4v) is 5.42. The van der Waals surface area contributed by atoms with Gasteiger partial charge in [-0.2, -0.15) is 5.06 Å². The number of carbonyl (C=O) groups excluding carboxylic acids is 5. The first-order chi connectivity index (χ1) is 21.8. The van der Waals surface area contributed by atoms with Gasteiger partial charge in [0.25, 0.3) is 11.8 Å². The van der Waals surface area contributed by atoms with Crippen molar-refractivity contribution >= 4 is 63.4 Å². The molecule has 2 aromatic carbocycles. The summed E-state index contributed by atoms with van der Waals surface area (Å²) in [6.07, 6.45) is -1.31. The van der Waals surface area contributed by atoms with Crippen LogP contribution >= 0.6 is 22.9 Å². The van der Waals surface area contributed by atoms with Gasteiger partial charge in [0.15, 0.2) is 16.9 Å². The molecule has 0 aliphatic carbocycles. The van der Waals surface area contributed by atoms with E-state index in [0.717, 1.165) is 11.3 Å². The number of nitrogens with zero attached hydrogens (tertiary/aromatic N) is 3. The van der Waals surface area contributed by atoms with E-state index in [0.29, 0.717) is 16.2 Å². The summed E-state index contributed by atoms with van der Waals surface area (Å²) < 4.78 is 11.4. The van der Waals surface area contributed by atoms with E-state index in [1.54, 1.807) is 48.5 Å². The lowest BCUT2D eigenvalue weighted by Crippen LogP contribution is -2.57. The van der Waals surface area contributed by atoms with E-state index in [4.69, 9.17) is 30.7 Å². The highest BCUT2D eigenvalue weighted by atomic mass is 35.5. The van der Waals surface area contributed by atoms with Gasteiger partial charge < -0.3 is 24.9 Å². The number of oxime groups is 1. The molecule has 5 rings (SSSR count). The smallest absolute Gasteiger partial charge is 0.376 e. The maximum absolute atomic E-state index is 13.9. The molecule has 16 heteroatoms. The Bertz CT molecular complexity index is 1580. The molecule has 0 saturated carbocycles. The molecule has 2 unspecified atom stereocenters. The molecule has 2 atom stereocenters. The second-order valence-corrected chi connectivity index (χ2v) is 10.8. The Balaban J connectivity index is 1.35. The predicted octanol–water partition coefficient (Wildman–Crippen LogP) is 2.30. The number of thiazole rings is 1. The van der Waals surface area contributed by atoms with Crippen LogP contribution in [-0.2, 0) is 43.1 Å². The average Bonchev–Trinajstić information content (AvgIpc) is 3.78. The summed E-state index contributed by atoms with van der Waals surface area (Å²) in [6.45, 7) is -0.397. The van der Waals surface area contributed by atoms with Crippen molar-refractivity contribution < 1.29 is 43.1 Å². The number of aromatic nitrogens is 1. The van der Waals surface area contributed by atoms with Crippen LogP contribution in [0, 0.1) is 0 Å². The van der Waals surface area contributed by atoms with Gasteiger partial charge in [-0.15, -0.1) is 22.9 Å². The molecule has 2 N–H and O–H groups in total. The zero-order valence-electron chi connectivity index (χ0n) is 23.6. The van der Waals surface area contributed by atoms with E-state index in [9.17, 15) is 24.0 Å². The SMILES string of the molecule is CO/N=C(/C(=O)NC1CON(C2(C(=O)OC(c3ccccc3)c3ccccc3)CCC(=O)O2)C1=O)c1csc(NC(=O)CCl)n1. The number of benzene rings is 2. The molecule has 2 aliphatic rings. The van der Waals surface area contributed by atoms with Crippen LogP contribution in [0.5, 0.6) is 0 Å². The van der Waals surface area contributed by atoms with Gasteiger partial charge in [-0.1, -0.05) is 65.8 Å². The number of rotatable bonds is 11. The van der Waals surface area contributed by atoms with E-state index in [1.807, 2.05) is 12.1 Å². The van der Waals surface area contributed by atoms with Crippen molar-refractivity contribution in [3.05, 3.63) is 82.9 Å². The molecule has 0 spiro atoms. The molecule has 2 aliphatic heterocycles. The minimum atomic E-state index is -2.23. The van der Waals surface area contributed by atoms with E-state index < -0.39 is 54.1 Å². The van der Waals surface area contributed by atoms with Gasteiger partial charge in [-0.3, -0.25) is 24.0 Å². The molecule has 2 saturated heterocycles. The van der Waals surface area contributed by atoms with Gasteiger partial charge in [-0.25, -0.2) is 9.78 Å². The Morgan fingerprint density at radius 3 is 2.38 bits per heavy atom. The van der Waals surface area contributed by atoms with Crippen LogP contribution in [0.25, 0.3) is 0 Å². The van der Waals surface area contributed by atoms with Crippen molar-refractivity contribution in [2.45, 2.75) is 30.7 Å². The van der Waals surface area contributed by atoms with Crippen molar-refractivity contribution in [2.75, 3.05) is 24.9 Å². The molecule has 3 aromatic rings. The van der Waals surface area contributed by atoms with Crippen LogP contribution in [0.3, 0.4) is 0 Å². The Hall–Kier alpha value is -4.86. The topological polar surface area (TPSA) is 175 Å². The summed E-state index contributed by atoms with van der Waals surface area (Å²) in [7, 11) is 1.21. The van der Waals surface area contributed by atoms with Crippen LogP contribution < -0.4 is 10.6 Å². The molecule has 2 fully saturated rings. The summed E-state index contributed by atoms with van der Waals surface area (Å²) in [5.74, 6) is -4.28. The number of nitrogens with one attached hydrogen (secondary N) is 2. The minimum absolute atomic E-state index is 0.0464. The number of amides is 3. The lowest BCUT2D eigenvalue weighted by atomic mass is 10.0. The van der Waals surface area contributed by atoms with E-state index in [1.165, 1.54) is 12.5 Å². The summed E-state index contributed by atoms with van der Waals surface area (Å²) in [6, 6.07) is 16.6. The number of carbonyl (C=O) groups is 5. The van der Waals surface area contributed by atoms with E-state index >= 15 is 0 Å². The fraction of sp³-hybridized carbons (Fsp3) is 0.276. The molecular formula is C29H26ClN5O9S. The zero-order chi connectivity index (χ0) is 32.0. The maximum Gasteiger partial charge on any atom is 0.376 e. The maximum atomic E-state index is 13.9. The normalized spacial score (nSPS) is 19.8. The predicted molar refractivity (Wildman–Crippen MR) is 159 cm³/mol. The number of anilines is 1. The van der Waals surface area contributed by atoms with Crippen molar-refractivity contribution in [3.63, 3.8) is 0 Å². The van der Waals surface area contributed by atoms with Crippen LogP contribution in [0.2, 0.25) is 0 Å². The Morgan fingerprint density at radius 2 is 1.80 bits per heavy atom. The molecule has 1 aromatic heterocycles. The van der Waals surface area contributed by atoms with Gasteiger partial charge in [0.1, 0.15) is 31.3 Å². The summed E-state index contributed by atoms with van der Waals surface area (Å²) >= 11 is 6.52. The van der Waals surface area contributed by atoms with Crippen molar-refractivity contribution in [2.24, 2.45) is 5.16 Å². The lowest BCUT2D eigenvalue weighted by Gasteiger charge is -2.34. The molecule has 45 heavy (non-hydrogen) atoms. The first-order valence-electron chi connectivity index (χ1n) is 13.5. The second-order valence-electron chi connectivity index (χ2n) is 9.66. The van der Waals surface area contributed by atoms with Crippen LogP contribution in [0.1, 0.15) is 35.8 Å². The van der Waals surface area contributed by atoms with Gasteiger partial charge in [0.2, 0.25) is 5.91 Å². The highest BCUT2D eigenvalue weighted by Gasteiger charge is 2.60. The number of ether oxygens (including phenoxy) is 2.